The van der Waals surface area contributed by atoms with Gasteiger partial charge in [0.1, 0.15) is 0 Å². The van der Waals surface area contributed by atoms with E-state index >= 15 is 0 Å². The fraction of sp³-hybridized carbons (Fsp3) is 0.923. The minimum atomic E-state index is 0.356. The highest BCUT2D eigenvalue weighted by atomic mass is 15.0. The van der Waals surface area contributed by atoms with Crippen molar-refractivity contribution >= 4 is 0 Å². The predicted molar refractivity (Wildman–Crippen MR) is 61.4 cm³/mol. The van der Waals surface area contributed by atoms with Gasteiger partial charge in [0.25, 0.3) is 0 Å². The van der Waals surface area contributed by atoms with Gasteiger partial charge in [-0.1, -0.05) is 19.3 Å². The van der Waals surface area contributed by atoms with Crippen molar-refractivity contribution in [2.24, 2.45) is 5.41 Å². The van der Waals surface area contributed by atoms with Gasteiger partial charge < -0.3 is 5.32 Å². The van der Waals surface area contributed by atoms with Crippen molar-refractivity contribution in [1.82, 2.24) is 5.32 Å². The Morgan fingerprint density at radius 3 is 2.33 bits per heavy atom. The summed E-state index contributed by atoms with van der Waals surface area (Å²) in [7, 11) is 0. The number of rotatable bonds is 4. The molecule has 15 heavy (non-hydrogen) atoms. The molecule has 0 heterocycles. The quantitative estimate of drug-likeness (QED) is 0.767. The highest BCUT2D eigenvalue weighted by Crippen LogP contribution is 2.48. The van der Waals surface area contributed by atoms with E-state index in [1.807, 2.05) is 0 Å². The Kier molecular flexibility index (Phi) is 3.02. The van der Waals surface area contributed by atoms with E-state index in [-0.39, 0.29) is 0 Å². The van der Waals surface area contributed by atoms with Crippen LogP contribution in [0.15, 0.2) is 0 Å². The molecule has 0 spiro atoms. The molecule has 0 radical (unpaired) electrons. The molecular weight excluding hydrogens is 184 g/mol. The third-order valence-electron chi connectivity index (χ3n) is 4.26. The van der Waals surface area contributed by atoms with E-state index in [1.165, 1.54) is 44.9 Å². The number of nitrogens with zero attached hydrogens (tertiary/aromatic N) is 1. The zero-order valence-electron chi connectivity index (χ0n) is 9.81. The maximum absolute atomic E-state index is 8.77. The molecule has 1 N–H and O–H groups in total. The van der Waals surface area contributed by atoms with E-state index in [4.69, 9.17) is 5.26 Å². The van der Waals surface area contributed by atoms with Gasteiger partial charge in [0.15, 0.2) is 0 Å². The summed E-state index contributed by atoms with van der Waals surface area (Å²) in [6, 6.07) is 2.33. The number of hydrogen-bond acceptors (Lipinski definition) is 2. The van der Waals surface area contributed by atoms with E-state index in [0.717, 1.165) is 13.0 Å². The SMILES string of the molecule is CC1(NCC2(CC#N)CC2)CCCCC1. The minimum Gasteiger partial charge on any atom is -0.311 e. The van der Waals surface area contributed by atoms with Crippen LogP contribution in [0.25, 0.3) is 0 Å². The van der Waals surface area contributed by atoms with Crippen molar-refractivity contribution < 1.29 is 0 Å². The summed E-state index contributed by atoms with van der Waals surface area (Å²) >= 11 is 0. The molecular formula is C13H22N2. The molecule has 0 aromatic rings. The average molecular weight is 206 g/mol. The van der Waals surface area contributed by atoms with Gasteiger partial charge in [-0.15, -0.1) is 0 Å². The van der Waals surface area contributed by atoms with Gasteiger partial charge in [-0.05, 0) is 38.0 Å². The van der Waals surface area contributed by atoms with Gasteiger partial charge >= 0.3 is 0 Å². The minimum absolute atomic E-state index is 0.356. The van der Waals surface area contributed by atoms with Crippen molar-refractivity contribution in [3.63, 3.8) is 0 Å². The predicted octanol–water partition coefficient (Wildman–Crippen LogP) is 2.99. The zero-order chi connectivity index (χ0) is 10.8. The third-order valence-corrected chi connectivity index (χ3v) is 4.26. The van der Waals surface area contributed by atoms with Crippen LogP contribution in [0.2, 0.25) is 0 Å². The lowest BCUT2D eigenvalue weighted by molar-refractivity contribution is 0.236. The molecule has 2 heteroatoms. The lowest BCUT2D eigenvalue weighted by atomic mass is 9.83. The first-order chi connectivity index (χ1) is 7.18. The van der Waals surface area contributed by atoms with Crippen molar-refractivity contribution in [3.8, 4) is 6.07 Å². The molecule has 0 amide bonds. The molecule has 0 saturated heterocycles. The first-order valence-corrected chi connectivity index (χ1v) is 6.30. The standard InChI is InChI=1S/C13H22N2/c1-12(5-3-2-4-6-12)15-11-13(7-8-13)9-10-14/h15H,2-9,11H2,1H3. The lowest BCUT2D eigenvalue weighted by Gasteiger charge is -2.36. The molecule has 2 fully saturated rings. The molecule has 2 rings (SSSR count). The van der Waals surface area contributed by atoms with Crippen molar-refractivity contribution in [2.45, 2.75) is 63.8 Å². The molecule has 2 aliphatic carbocycles. The summed E-state index contributed by atoms with van der Waals surface area (Å²) < 4.78 is 0. The molecule has 84 valence electrons. The molecule has 0 bridgehead atoms. The largest absolute Gasteiger partial charge is 0.311 e. The Labute approximate surface area is 93.0 Å². The Morgan fingerprint density at radius 1 is 1.13 bits per heavy atom. The highest BCUT2D eigenvalue weighted by molar-refractivity contribution is 5.02. The smallest absolute Gasteiger partial charge is 0.0628 e. The monoisotopic (exact) mass is 206 g/mol. The second kappa shape index (κ2) is 4.14. The summed E-state index contributed by atoms with van der Waals surface area (Å²) in [5.41, 5.74) is 0.721. The zero-order valence-corrected chi connectivity index (χ0v) is 9.81. The maximum Gasteiger partial charge on any atom is 0.0628 e. The molecule has 2 aliphatic rings. The van der Waals surface area contributed by atoms with E-state index in [0.29, 0.717) is 11.0 Å². The van der Waals surface area contributed by atoms with Crippen LogP contribution in [0.5, 0.6) is 0 Å². The first-order valence-electron chi connectivity index (χ1n) is 6.30. The molecule has 0 aliphatic heterocycles. The van der Waals surface area contributed by atoms with E-state index in [1.54, 1.807) is 0 Å². The van der Waals surface area contributed by atoms with Crippen LogP contribution >= 0.6 is 0 Å². The van der Waals surface area contributed by atoms with Gasteiger partial charge in [-0.25, -0.2) is 0 Å². The second-order valence-corrected chi connectivity index (χ2v) is 5.81. The fourth-order valence-corrected chi connectivity index (χ4v) is 2.67. The van der Waals surface area contributed by atoms with Crippen molar-refractivity contribution in [1.29, 1.82) is 5.26 Å². The van der Waals surface area contributed by atoms with Crippen LogP contribution in [-0.4, -0.2) is 12.1 Å². The van der Waals surface area contributed by atoms with Gasteiger partial charge in [0.05, 0.1) is 6.07 Å². The van der Waals surface area contributed by atoms with Crippen LogP contribution < -0.4 is 5.32 Å². The molecule has 0 atom stereocenters. The van der Waals surface area contributed by atoms with Gasteiger partial charge in [0.2, 0.25) is 0 Å². The normalized spacial score (nSPS) is 26.9. The Bertz CT molecular complexity index is 254. The molecule has 0 aromatic carbocycles. The molecule has 2 nitrogen and oxygen atoms in total. The highest BCUT2D eigenvalue weighted by Gasteiger charge is 2.43. The van der Waals surface area contributed by atoms with Crippen molar-refractivity contribution in [2.75, 3.05) is 6.54 Å². The average Bonchev–Trinajstić information content (AvgIpc) is 2.98. The second-order valence-electron chi connectivity index (χ2n) is 5.81. The Balaban J connectivity index is 1.79. The van der Waals surface area contributed by atoms with E-state index in [2.05, 4.69) is 18.3 Å². The summed E-state index contributed by atoms with van der Waals surface area (Å²) in [6.07, 6.45) is 10.0. The van der Waals surface area contributed by atoms with E-state index in [9.17, 15) is 0 Å². The van der Waals surface area contributed by atoms with Crippen LogP contribution in [0, 0.1) is 16.7 Å². The van der Waals surface area contributed by atoms with Gasteiger partial charge in [-0.2, -0.15) is 5.26 Å². The summed E-state index contributed by atoms with van der Waals surface area (Å²) in [4.78, 5) is 0. The topological polar surface area (TPSA) is 35.8 Å². The van der Waals surface area contributed by atoms with Crippen LogP contribution in [0.1, 0.15) is 58.3 Å². The van der Waals surface area contributed by atoms with Crippen molar-refractivity contribution in [3.05, 3.63) is 0 Å². The summed E-state index contributed by atoms with van der Waals surface area (Å²) in [5.74, 6) is 0. The molecule has 2 saturated carbocycles. The maximum atomic E-state index is 8.77. The van der Waals surface area contributed by atoms with Crippen LogP contribution in [-0.2, 0) is 0 Å². The third kappa shape index (κ3) is 2.72. The van der Waals surface area contributed by atoms with Crippen LogP contribution in [0.4, 0.5) is 0 Å². The van der Waals surface area contributed by atoms with Gasteiger partial charge in [-0.3, -0.25) is 0 Å². The number of nitriles is 1. The first kappa shape index (κ1) is 11.0. The lowest BCUT2D eigenvalue weighted by Crippen LogP contribution is -2.46. The Morgan fingerprint density at radius 2 is 1.80 bits per heavy atom. The summed E-state index contributed by atoms with van der Waals surface area (Å²) in [6.45, 7) is 3.42. The molecule has 0 unspecified atom stereocenters. The molecule has 0 aromatic heterocycles. The van der Waals surface area contributed by atoms with Crippen LogP contribution in [0.3, 0.4) is 0 Å². The Hall–Kier alpha value is -0.550. The van der Waals surface area contributed by atoms with E-state index < -0.39 is 0 Å². The number of nitrogens with one attached hydrogen (secondary N) is 1. The fourth-order valence-electron chi connectivity index (χ4n) is 2.67. The number of hydrogen-bond donors (Lipinski definition) is 1. The van der Waals surface area contributed by atoms with Gasteiger partial charge in [0, 0.05) is 18.5 Å². The summed E-state index contributed by atoms with van der Waals surface area (Å²) in [5, 5.41) is 12.5.